The molecule has 0 saturated heterocycles. The van der Waals surface area contributed by atoms with Gasteiger partial charge < -0.3 is 11.1 Å². The Bertz CT molecular complexity index is 623. The number of carbonyl (C=O) groups is 1. The second-order valence-corrected chi connectivity index (χ2v) is 4.82. The van der Waals surface area contributed by atoms with Gasteiger partial charge in [0.05, 0.1) is 17.1 Å². The van der Waals surface area contributed by atoms with Gasteiger partial charge in [0.25, 0.3) is 0 Å². The zero-order valence-corrected chi connectivity index (χ0v) is 10.2. The van der Waals surface area contributed by atoms with E-state index >= 15 is 0 Å². The topological polar surface area (TPSA) is 68.0 Å². The summed E-state index contributed by atoms with van der Waals surface area (Å²) in [5.74, 6) is -0.0181. The minimum atomic E-state index is -0.0303. The summed E-state index contributed by atoms with van der Waals surface area (Å²) in [4.78, 5) is 16.4. The Morgan fingerprint density at radius 2 is 2.17 bits per heavy atom. The second kappa shape index (κ2) is 4.07. The van der Waals surface area contributed by atoms with Gasteiger partial charge in [0, 0.05) is 17.1 Å². The predicted molar refractivity (Wildman–Crippen MR) is 71.2 cm³/mol. The first-order valence-electron chi connectivity index (χ1n) is 6.08. The molecule has 2 atom stereocenters. The van der Waals surface area contributed by atoms with Crippen molar-refractivity contribution in [2.45, 2.75) is 19.4 Å². The fourth-order valence-electron chi connectivity index (χ4n) is 2.15. The molecule has 1 aliphatic rings. The summed E-state index contributed by atoms with van der Waals surface area (Å²) in [6.07, 6.45) is 0.786. The molecule has 1 saturated carbocycles. The zero-order chi connectivity index (χ0) is 12.7. The van der Waals surface area contributed by atoms with Crippen LogP contribution in [0.2, 0.25) is 0 Å². The van der Waals surface area contributed by atoms with E-state index in [4.69, 9.17) is 5.73 Å². The van der Waals surface area contributed by atoms with Crippen LogP contribution in [0.5, 0.6) is 0 Å². The summed E-state index contributed by atoms with van der Waals surface area (Å²) in [7, 11) is 0. The molecule has 18 heavy (non-hydrogen) atoms. The van der Waals surface area contributed by atoms with Gasteiger partial charge in [0.1, 0.15) is 0 Å². The molecule has 1 fully saturated rings. The van der Waals surface area contributed by atoms with E-state index in [9.17, 15) is 4.79 Å². The van der Waals surface area contributed by atoms with Crippen molar-refractivity contribution in [3.8, 4) is 0 Å². The van der Waals surface area contributed by atoms with E-state index in [2.05, 4.69) is 10.3 Å². The lowest BCUT2D eigenvalue weighted by atomic mass is 10.1. The predicted octanol–water partition coefficient (Wildman–Crippen LogP) is 1.83. The second-order valence-electron chi connectivity index (χ2n) is 4.82. The molecule has 0 radical (unpaired) electrons. The van der Waals surface area contributed by atoms with Gasteiger partial charge in [0.15, 0.2) is 0 Å². The maximum Gasteiger partial charge on any atom is 0.229 e. The minimum absolute atomic E-state index is 0.0123. The maximum absolute atomic E-state index is 11.9. The van der Waals surface area contributed by atoms with Crippen LogP contribution in [0.1, 0.15) is 12.1 Å². The van der Waals surface area contributed by atoms with E-state index in [1.165, 1.54) is 0 Å². The summed E-state index contributed by atoms with van der Waals surface area (Å²) >= 11 is 0. The highest BCUT2D eigenvalue weighted by Gasteiger charge is 2.40. The van der Waals surface area contributed by atoms with E-state index in [-0.39, 0.29) is 17.9 Å². The quantitative estimate of drug-likeness (QED) is 0.842. The first-order valence-corrected chi connectivity index (χ1v) is 6.08. The Balaban J connectivity index is 1.97. The van der Waals surface area contributed by atoms with E-state index in [0.717, 1.165) is 28.7 Å². The summed E-state index contributed by atoms with van der Waals surface area (Å²) in [5.41, 5.74) is 8.30. The van der Waals surface area contributed by atoms with Crippen molar-refractivity contribution in [2.75, 3.05) is 5.32 Å². The summed E-state index contributed by atoms with van der Waals surface area (Å²) < 4.78 is 0. The molecule has 4 nitrogen and oxygen atoms in total. The van der Waals surface area contributed by atoms with Crippen LogP contribution in [0.15, 0.2) is 30.3 Å². The van der Waals surface area contributed by atoms with Gasteiger partial charge in [-0.2, -0.15) is 0 Å². The fraction of sp³-hybridized carbons (Fsp3) is 0.286. The van der Waals surface area contributed by atoms with Gasteiger partial charge in [-0.25, -0.2) is 0 Å². The smallest absolute Gasteiger partial charge is 0.229 e. The third-order valence-electron chi connectivity index (χ3n) is 3.28. The number of rotatable bonds is 2. The molecule has 1 amide bonds. The number of benzene rings is 1. The third kappa shape index (κ3) is 1.95. The van der Waals surface area contributed by atoms with Crippen LogP contribution in [0, 0.1) is 12.8 Å². The molecule has 1 aliphatic carbocycles. The normalized spacial score (nSPS) is 21.9. The highest BCUT2D eigenvalue weighted by Crippen LogP contribution is 2.30. The Morgan fingerprint density at radius 3 is 2.89 bits per heavy atom. The third-order valence-corrected chi connectivity index (χ3v) is 3.28. The summed E-state index contributed by atoms with van der Waals surface area (Å²) in [5, 5.41) is 3.92. The number of aryl methyl sites for hydroxylation is 1. The van der Waals surface area contributed by atoms with Crippen LogP contribution in [0.25, 0.3) is 10.9 Å². The van der Waals surface area contributed by atoms with Crippen molar-refractivity contribution in [2.24, 2.45) is 11.7 Å². The number of hydrogen-bond acceptors (Lipinski definition) is 3. The molecule has 3 N–H and O–H groups in total. The number of anilines is 1. The Morgan fingerprint density at radius 1 is 1.44 bits per heavy atom. The van der Waals surface area contributed by atoms with Gasteiger partial charge in [-0.1, -0.05) is 18.2 Å². The van der Waals surface area contributed by atoms with Gasteiger partial charge in [-0.3, -0.25) is 9.78 Å². The molecule has 1 heterocycles. The number of fused-ring (bicyclic) bond motifs is 1. The van der Waals surface area contributed by atoms with Crippen LogP contribution >= 0.6 is 0 Å². The van der Waals surface area contributed by atoms with Gasteiger partial charge >= 0.3 is 0 Å². The van der Waals surface area contributed by atoms with Crippen LogP contribution < -0.4 is 11.1 Å². The maximum atomic E-state index is 11.9. The number of hydrogen-bond donors (Lipinski definition) is 2. The highest BCUT2D eigenvalue weighted by molar-refractivity contribution is 6.02. The van der Waals surface area contributed by atoms with Crippen LogP contribution in [-0.2, 0) is 4.79 Å². The lowest BCUT2D eigenvalue weighted by Crippen LogP contribution is -2.18. The van der Waals surface area contributed by atoms with E-state index in [0.29, 0.717) is 0 Å². The van der Waals surface area contributed by atoms with Gasteiger partial charge in [-0.15, -0.1) is 0 Å². The van der Waals surface area contributed by atoms with Crippen molar-refractivity contribution in [1.29, 1.82) is 0 Å². The van der Waals surface area contributed by atoms with Crippen LogP contribution in [-0.4, -0.2) is 16.9 Å². The average Bonchev–Trinajstić information content (AvgIpc) is 3.06. The van der Waals surface area contributed by atoms with Gasteiger partial charge in [-0.05, 0) is 25.5 Å². The van der Waals surface area contributed by atoms with Crippen molar-refractivity contribution in [3.05, 3.63) is 36.0 Å². The van der Waals surface area contributed by atoms with Crippen molar-refractivity contribution in [1.82, 2.24) is 4.98 Å². The van der Waals surface area contributed by atoms with E-state index in [1.54, 1.807) is 0 Å². The van der Waals surface area contributed by atoms with Crippen molar-refractivity contribution in [3.63, 3.8) is 0 Å². The first-order chi connectivity index (χ1) is 8.65. The fourth-order valence-corrected chi connectivity index (χ4v) is 2.15. The summed E-state index contributed by atoms with van der Waals surface area (Å²) in [6.45, 7) is 1.92. The minimum Gasteiger partial charge on any atom is -0.327 e. The molecule has 0 bridgehead atoms. The number of para-hydroxylation sites is 1. The lowest BCUT2D eigenvalue weighted by Gasteiger charge is -2.09. The molecule has 3 rings (SSSR count). The monoisotopic (exact) mass is 241 g/mol. The summed E-state index contributed by atoms with van der Waals surface area (Å²) in [6, 6.07) is 9.72. The first kappa shape index (κ1) is 11.2. The Labute approximate surface area is 105 Å². The molecule has 4 heteroatoms. The molecular weight excluding hydrogens is 226 g/mol. The average molecular weight is 241 g/mol. The van der Waals surface area contributed by atoms with Crippen LogP contribution in [0.4, 0.5) is 5.69 Å². The molecule has 92 valence electrons. The largest absolute Gasteiger partial charge is 0.327 e. The molecule has 0 spiro atoms. The molecule has 2 aromatic rings. The SMILES string of the molecule is Cc1cc(NC(=O)C2CC2N)c2ccccc2n1. The number of nitrogens with one attached hydrogen (secondary N) is 1. The Hall–Kier alpha value is -1.94. The van der Waals surface area contributed by atoms with E-state index in [1.807, 2.05) is 37.3 Å². The number of nitrogens with two attached hydrogens (primary N) is 1. The molecule has 0 aliphatic heterocycles. The van der Waals surface area contributed by atoms with Crippen molar-refractivity contribution < 1.29 is 4.79 Å². The highest BCUT2D eigenvalue weighted by atomic mass is 16.2. The number of pyridine rings is 1. The molecular formula is C14H15N3O. The number of carbonyl (C=O) groups excluding carboxylic acids is 1. The van der Waals surface area contributed by atoms with Crippen molar-refractivity contribution >= 4 is 22.5 Å². The zero-order valence-electron chi connectivity index (χ0n) is 10.2. The van der Waals surface area contributed by atoms with E-state index < -0.39 is 0 Å². The molecule has 1 aromatic carbocycles. The number of nitrogens with zero attached hydrogens (tertiary/aromatic N) is 1. The Kier molecular flexibility index (Phi) is 2.52. The number of aromatic nitrogens is 1. The molecule has 1 aromatic heterocycles. The van der Waals surface area contributed by atoms with Gasteiger partial charge in [0.2, 0.25) is 5.91 Å². The number of amides is 1. The van der Waals surface area contributed by atoms with Crippen LogP contribution in [0.3, 0.4) is 0 Å². The molecule has 2 unspecified atom stereocenters. The standard InChI is InChI=1S/C14H15N3O/c1-8-6-13(17-14(18)10-7-11(10)15)9-4-2-3-5-12(9)16-8/h2-6,10-11H,7,15H2,1H3,(H,16,17,18). The lowest BCUT2D eigenvalue weighted by molar-refractivity contribution is -0.117.